The Kier molecular flexibility index (Phi) is 6.12. The third kappa shape index (κ3) is 4.09. The van der Waals surface area contributed by atoms with Crippen LogP contribution in [0.4, 0.5) is 5.69 Å². The van der Waals surface area contributed by atoms with Crippen LogP contribution in [0.25, 0.3) is 5.57 Å². The molecule has 0 spiro atoms. The second kappa shape index (κ2) is 8.96. The number of rotatable bonds is 8. The van der Waals surface area contributed by atoms with Gasteiger partial charge < -0.3 is 9.64 Å². The van der Waals surface area contributed by atoms with Crippen molar-refractivity contribution in [1.82, 2.24) is 4.90 Å². The van der Waals surface area contributed by atoms with Gasteiger partial charge in [-0.2, -0.15) is 0 Å². The van der Waals surface area contributed by atoms with Crippen LogP contribution in [-0.2, 0) is 16.0 Å². The number of nitrogens with zero attached hydrogens (tertiary/aromatic N) is 2. The van der Waals surface area contributed by atoms with Gasteiger partial charge in [-0.15, -0.1) is 0 Å². The maximum Gasteiger partial charge on any atom is 0.278 e. The molecular formula is C26H30N2O3. The minimum Gasteiger partial charge on any atom is -0.493 e. The molecule has 162 valence electrons. The molecule has 2 amide bonds. The summed E-state index contributed by atoms with van der Waals surface area (Å²) in [7, 11) is 0. The number of amides is 2. The molecule has 2 aliphatic rings. The minimum absolute atomic E-state index is 0.190. The Morgan fingerprint density at radius 3 is 2.45 bits per heavy atom. The molecule has 2 aromatic rings. The van der Waals surface area contributed by atoms with Crippen molar-refractivity contribution in [1.29, 1.82) is 0 Å². The Hall–Kier alpha value is -3.08. The number of fused-ring (bicyclic) bond motifs is 1. The van der Waals surface area contributed by atoms with E-state index in [1.54, 1.807) is 0 Å². The first-order valence-electron chi connectivity index (χ1n) is 11.2. The molecule has 31 heavy (non-hydrogen) atoms. The molecule has 0 N–H and O–H groups in total. The van der Waals surface area contributed by atoms with Gasteiger partial charge in [0.2, 0.25) is 0 Å². The van der Waals surface area contributed by atoms with Crippen molar-refractivity contribution < 1.29 is 14.3 Å². The number of unbranched alkanes of at least 4 members (excludes halogenated alkanes) is 1. The van der Waals surface area contributed by atoms with Gasteiger partial charge in [-0.05, 0) is 48.1 Å². The third-order valence-corrected chi connectivity index (χ3v) is 5.76. The highest BCUT2D eigenvalue weighted by Gasteiger charge is 2.42. The lowest BCUT2D eigenvalue weighted by Crippen LogP contribution is -2.35. The van der Waals surface area contributed by atoms with Gasteiger partial charge in [-0.1, -0.05) is 57.5 Å². The molecule has 2 heterocycles. The van der Waals surface area contributed by atoms with E-state index < -0.39 is 0 Å². The van der Waals surface area contributed by atoms with Crippen molar-refractivity contribution >= 4 is 23.1 Å². The van der Waals surface area contributed by atoms with Crippen LogP contribution in [0.15, 0.2) is 54.2 Å². The van der Waals surface area contributed by atoms with Crippen molar-refractivity contribution in [2.45, 2.75) is 40.0 Å². The number of ether oxygens (including phenoxy) is 1. The van der Waals surface area contributed by atoms with Crippen LogP contribution in [0.1, 0.15) is 44.7 Å². The Morgan fingerprint density at radius 1 is 1.00 bits per heavy atom. The fourth-order valence-electron chi connectivity index (χ4n) is 4.14. The van der Waals surface area contributed by atoms with Crippen molar-refractivity contribution in [2.24, 2.45) is 5.92 Å². The molecule has 0 radical (unpaired) electrons. The zero-order valence-corrected chi connectivity index (χ0v) is 18.6. The molecule has 2 aromatic carbocycles. The first-order chi connectivity index (χ1) is 15.0. The molecule has 0 bridgehead atoms. The Balaban J connectivity index is 1.73. The van der Waals surface area contributed by atoms with Gasteiger partial charge in [-0.3, -0.25) is 14.5 Å². The normalized spacial score (nSPS) is 16.0. The van der Waals surface area contributed by atoms with Gasteiger partial charge in [0.1, 0.15) is 11.4 Å². The van der Waals surface area contributed by atoms with Crippen molar-refractivity contribution in [2.75, 3.05) is 24.6 Å². The van der Waals surface area contributed by atoms with Gasteiger partial charge in [0.15, 0.2) is 0 Å². The van der Waals surface area contributed by atoms with Crippen LogP contribution in [-0.4, -0.2) is 36.4 Å². The summed E-state index contributed by atoms with van der Waals surface area (Å²) in [6, 6.07) is 15.7. The smallest absolute Gasteiger partial charge is 0.278 e. The Morgan fingerprint density at radius 2 is 1.74 bits per heavy atom. The topological polar surface area (TPSA) is 49.9 Å². The lowest BCUT2D eigenvalue weighted by atomic mass is 10.0. The van der Waals surface area contributed by atoms with Gasteiger partial charge in [0.05, 0.1) is 12.2 Å². The summed E-state index contributed by atoms with van der Waals surface area (Å²) in [5, 5.41) is 0. The Labute approximate surface area is 184 Å². The monoisotopic (exact) mass is 418 g/mol. The molecule has 2 aliphatic heterocycles. The molecule has 0 aliphatic carbocycles. The Bertz CT molecular complexity index is 1010. The highest BCUT2D eigenvalue weighted by molar-refractivity contribution is 6.36. The predicted molar refractivity (Wildman–Crippen MR) is 123 cm³/mol. The van der Waals surface area contributed by atoms with Crippen LogP contribution >= 0.6 is 0 Å². The molecule has 0 atom stereocenters. The summed E-state index contributed by atoms with van der Waals surface area (Å²) in [5.74, 6) is 0.815. The third-order valence-electron chi connectivity index (χ3n) is 5.76. The minimum atomic E-state index is -0.200. The standard InChI is InChI=1S/C26H30N2O3/c1-4-5-15-28-25(29)23(20-10-12-21(13-11-20)31-17-18(2)3)24(26(28)30)27-16-14-19-8-6-7-9-22(19)27/h6-13,18H,4-5,14-17H2,1-3H3. The van der Waals surface area contributed by atoms with E-state index in [-0.39, 0.29) is 11.8 Å². The van der Waals surface area contributed by atoms with Gasteiger partial charge in [-0.25, -0.2) is 0 Å². The maximum absolute atomic E-state index is 13.4. The maximum atomic E-state index is 13.4. The van der Waals surface area contributed by atoms with Crippen LogP contribution in [0, 0.1) is 5.92 Å². The van der Waals surface area contributed by atoms with E-state index in [2.05, 4.69) is 26.8 Å². The summed E-state index contributed by atoms with van der Waals surface area (Å²) in [5.41, 5.74) is 3.98. The first kappa shape index (κ1) is 21.2. The molecule has 0 unspecified atom stereocenters. The fourth-order valence-corrected chi connectivity index (χ4v) is 4.14. The van der Waals surface area contributed by atoms with E-state index in [1.165, 1.54) is 10.5 Å². The summed E-state index contributed by atoms with van der Waals surface area (Å²) >= 11 is 0. The molecule has 0 saturated heterocycles. The average Bonchev–Trinajstić information content (AvgIpc) is 3.29. The summed E-state index contributed by atoms with van der Waals surface area (Å²) in [6.07, 6.45) is 2.60. The predicted octanol–water partition coefficient (Wildman–Crippen LogP) is 4.66. The largest absolute Gasteiger partial charge is 0.493 e. The second-order valence-electron chi connectivity index (χ2n) is 8.60. The highest BCUT2D eigenvalue weighted by Crippen LogP contribution is 2.38. The molecular weight excluding hydrogens is 388 g/mol. The van der Waals surface area contributed by atoms with E-state index >= 15 is 0 Å². The van der Waals surface area contributed by atoms with Crippen molar-refractivity contribution in [3.05, 3.63) is 65.4 Å². The molecule has 5 nitrogen and oxygen atoms in total. The molecule has 5 heteroatoms. The lowest BCUT2D eigenvalue weighted by Gasteiger charge is -2.21. The van der Waals surface area contributed by atoms with E-state index in [4.69, 9.17) is 4.74 Å². The summed E-state index contributed by atoms with van der Waals surface area (Å²) in [6.45, 7) is 8.06. The molecule has 0 fully saturated rings. The zero-order chi connectivity index (χ0) is 22.0. The van der Waals surface area contributed by atoms with Gasteiger partial charge >= 0.3 is 0 Å². The number of benzene rings is 2. The number of anilines is 1. The number of carbonyl (C=O) groups is 2. The summed E-state index contributed by atoms with van der Waals surface area (Å²) in [4.78, 5) is 30.3. The van der Waals surface area contributed by atoms with E-state index in [9.17, 15) is 9.59 Å². The molecule has 4 rings (SSSR count). The van der Waals surface area contributed by atoms with E-state index in [0.717, 1.165) is 36.3 Å². The second-order valence-corrected chi connectivity index (χ2v) is 8.60. The molecule has 0 aromatic heterocycles. The van der Waals surface area contributed by atoms with Crippen LogP contribution in [0.3, 0.4) is 0 Å². The zero-order valence-electron chi connectivity index (χ0n) is 18.6. The number of para-hydroxylation sites is 1. The number of imide groups is 1. The van der Waals surface area contributed by atoms with Crippen molar-refractivity contribution in [3.8, 4) is 5.75 Å². The average molecular weight is 419 g/mol. The molecule has 0 saturated carbocycles. The van der Waals surface area contributed by atoms with Gasteiger partial charge in [0.25, 0.3) is 11.8 Å². The van der Waals surface area contributed by atoms with Crippen LogP contribution in [0.2, 0.25) is 0 Å². The number of hydrogen-bond donors (Lipinski definition) is 0. The quantitative estimate of drug-likeness (QED) is 0.585. The van der Waals surface area contributed by atoms with Crippen LogP contribution in [0.5, 0.6) is 5.75 Å². The van der Waals surface area contributed by atoms with Crippen molar-refractivity contribution in [3.63, 3.8) is 0 Å². The number of hydrogen-bond acceptors (Lipinski definition) is 4. The fraction of sp³-hybridized carbons (Fsp3) is 0.385. The SMILES string of the molecule is CCCCN1C(=O)C(c2ccc(OCC(C)C)cc2)=C(N2CCc3ccccc32)C1=O. The van der Waals surface area contributed by atoms with Gasteiger partial charge in [0, 0.05) is 18.8 Å². The highest BCUT2D eigenvalue weighted by atomic mass is 16.5. The first-order valence-corrected chi connectivity index (χ1v) is 11.2. The summed E-state index contributed by atoms with van der Waals surface area (Å²) < 4.78 is 5.79. The van der Waals surface area contributed by atoms with E-state index in [0.29, 0.717) is 36.9 Å². The lowest BCUT2D eigenvalue weighted by molar-refractivity contribution is -0.136. The van der Waals surface area contributed by atoms with Crippen LogP contribution < -0.4 is 9.64 Å². The number of carbonyl (C=O) groups excluding carboxylic acids is 2. The van der Waals surface area contributed by atoms with E-state index in [1.807, 2.05) is 47.4 Å².